The third-order valence-corrected chi connectivity index (χ3v) is 8.06. The second kappa shape index (κ2) is 18.8. The molecule has 0 spiro atoms. The number of nitrogen functional groups attached to an aromatic ring is 1. The van der Waals surface area contributed by atoms with Gasteiger partial charge in [0.25, 0.3) is 5.91 Å². The van der Waals surface area contributed by atoms with E-state index < -0.39 is 0 Å². The zero-order valence-corrected chi connectivity index (χ0v) is 25.9. The van der Waals surface area contributed by atoms with Crippen LogP contribution in [0.2, 0.25) is 5.02 Å². The summed E-state index contributed by atoms with van der Waals surface area (Å²) in [6.07, 6.45) is 8.40. The van der Waals surface area contributed by atoms with E-state index >= 15 is 0 Å². The third kappa shape index (κ3) is 12.5. The standard InChI is InChI=1S/C30H49ClN4O6/c1-21(11-12-28(36)33-15-9-7-5-6-8-10-29(37)41-4)13-16-35-17-14-25(27(20-35)40-3)34-30(38)22-18-23(31)24(32)19-26(22)39-2/h18-19,21,25,27H,5-17,20,32H2,1-4H3,(H,33,36)(H,34,38)/t21?,25-,27+/m1/s1. The van der Waals surface area contributed by atoms with E-state index in [1.165, 1.54) is 20.3 Å². The van der Waals surface area contributed by atoms with Gasteiger partial charge >= 0.3 is 5.97 Å². The Labute approximate surface area is 250 Å². The minimum atomic E-state index is -0.271. The maximum absolute atomic E-state index is 13.0. The Morgan fingerprint density at radius 3 is 2.51 bits per heavy atom. The summed E-state index contributed by atoms with van der Waals surface area (Å²) in [4.78, 5) is 38.7. The highest BCUT2D eigenvalue weighted by Crippen LogP contribution is 2.29. The number of carbonyl (C=O) groups excluding carboxylic acids is 3. The van der Waals surface area contributed by atoms with Gasteiger partial charge < -0.3 is 35.5 Å². The van der Waals surface area contributed by atoms with Crippen molar-refractivity contribution in [1.82, 2.24) is 15.5 Å². The van der Waals surface area contributed by atoms with Gasteiger partial charge in [0.2, 0.25) is 5.91 Å². The molecule has 0 aliphatic carbocycles. The van der Waals surface area contributed by atoms with E-state index in [0.29, 0.717) is 47.3 Å². The number of unbranched alkanes of at least 4 members (excludes halogenated alkanes) is 4. The summed E-state index contributed by atoms with van der Waals surface area (Å²) in [6, 6.07) is 2.95. The molecule has 2 amide bonds. The Morgan fingerprint density at radius 1 is 1.07 bits per heavy atom. The number of halogens is 1. The Hall–Kier alpha value is -2.56. The lowest BCUT2D eigenvalue weighted by molar-refractivity contribution is -0.140. The molecule has 2 rings (SSSR count). The molecule has 10 nitrogen and oxygen atoms in total. The van der Waals surface area contributed by atoms with E-state index in [4.69, 9.17) is 26.8 Å². The Balaban J connectivity index is 1.63. The molecule has 11 heteroatoms. The highest BCUT2D eigenvalue weighted by Gasteiger charge is 2.31. The van der Waals surface area contributed by atoms with E-state index in [-0.39, 0.29) is 29.9 Å². The first-order valence-corrected chi connectivity index (χ1v) is 15.1. The minimum absolute atomic E-state index is 0.109. The van der Waals surface area contributed by atoms with E-state index in [2.05, 4.69) is 27.2 Å². The van der Waals surface area contributed by atoms with Crippen LogP contribution in [0.25, 0.3) is 0 Å². The fraction of sp³-hybridized carbons (Fsp3) is 0.700. The number of esters is 1. The number of carbonyl (C=O) groups is 3. The molecule has 1 aliphatic rings. The molecule has 0 bridgehead atoms. The molecule has 1 aliphatic heterocycles. The Kier molecular flexibility index (Phi) is 15.9. The number of hydrogen-bond acceptors (Lipinski definition) is 8. The molecule has 1 aromatic rings. The summed E-state index contributed by atoms with van der Waals surface area (Å²) in [5.41, 5.74) is 6.54. The zero-order valence-electron chi connectivity index (χ0n) is 25.1. The van der Waals surface area contributed by atoms with E-state index in [9.17, 15) is 14.4 Å². The number of benzene rings is 1. The fourth-order valence-electron chi connectivity index (χ4n) is 5.02. The fourth-order valence-corrected chi connectivity index (χ4v) is 5.18. The van der Waals surface area contributed by atoms with E-state index in [0.717, 1.165) is 71.0 Å². The van der Waals surface area contributed by atoms with Crippen LogP contribution in [0.15, 0.2) is 12.1 Å². The van der Waals surface area contributed by atoms with Gasteiger partial charge in [-0.3, -0.25) is 14.4 Å². The molecule has 232 valence electrons. The van der Waals surface area contributed by atoms with Crippen LogP contribution in [0.4, 0.5) is 5.69 Å². The van der Waals surface area contributed by atoms with Crippen molar-refractivity contribution < 1.29 is 28.6 Å². The maximum atomic E-state index is 13.0. The molecule has 1 fully saturated rings. The van der Waals surface area contributed by atoms with E-state index in [1.54, 1.807) is 13.2 Å². The van der Waals surface area contributed by atoms with Gasteiger partial charge in [0, 0.05) is 45.7 Å². The van der Waals surface area contributed by atoms with Crippen molar-refractivity contribution in [3.8, 4) is 5.75 Å². The molecular weight excluding hydrogens is 548 g/mol. The van der Waals surface area contributed by atoms with Gasteiger partial charge in [0.1, 0.15) is 5.75 Å². The molecule has 1 heterocycles. The molecule has 1 aromatic carbocycles. The summed E-state index contributed by atoms with van der Waals surface area (Å²) in [5, 5.41) is 6.42. The Morgan fingerprint density at radius 2 is 1.80 bits per heavy atom. The first kappa shape index (κ1) is 34.6. The SMILES string of the molecule is COC(=O)CCCCCCCNC(=O)CCC(C)CCN1CC[C@@H](NC(=O)c2cc(Cl)c(N)cc2OC)[C@@H](OC)C1. The number of ether oxygens (including phenoxy) is 3. The van der Waals surface area contributed by atoms with Crippen molar-refractivity contribution in [3.05, 3.63) is 22.7 Å². The zero-order chi connectivity index (χ0) is 30.2. The summed E-state index contributed by atoms with van der Waals surface area (Å²) in [7, 11) is 4.57. The van der Waals surface area contributed by atoms with Crippen molar-refractivity contribution in [2.75, 3.05) is 53.2 Å². The van der Waals surface area contributed by atoms with Gasteiger partial charge in [-0.25, -0.2) is 0 Å². The van der Waals surface area contributed by atoms with Gasteiger partial charge in [-0.05, 0) is 50.6 Å². The number of piperidine rings is 1. The lowest BCUT2D eigenvalue weighted by atomic mass is 9.98. The second-order valence-electron chi connectivity index (χ2n) is 10.9. The quantitative estimate of drug-likeness (QED) is 0.131. The number of likely N-dealkylation sites (tertiary alicyclic amines) is 1. The number of methoxy groups -OCH3 is 3. The summed E-state index contributed by atoms with van der Waals surface area (Å²) >= 11 is 6.14. The van der Waals surface area contributed by atoms with Crippen LogP contribution in [-0.4, -0.2) is 82.3 Å². The molecule has 41 heavy (non-hydrogen) atoms. The third-order valence-electron chi connectivity index (χ3n) is 7.74. The highest BCUT2D eigenvalue weighted by molar-refractivity contribution is 6.33. The van der Waals surface area contributed by atoms with Crippen LogP contribution in [0.5, 0.6) is 5.75 Å². The highest BCUT2D eigenvalue weighted by atomic mass is 35.5. The summed E-state index contributed by atoms with van der Waals surface area (Å²) in [5.74, 6) is 0.489. The Bertz CT molecular complexity index is 979. The second-order valence-corrected chi connectivity index (χ2v) is 11.3. The van der Waals surface area contributed by atoms with E-state index in [1.807, 2.05) is 0 Å². The lowest BCUT2D eigenvalue weighted by Gasteiger charge is -2.38. The summed E-state index contributed by atoms with van der Waals surface area (Å²) < 4.78 is 15.7. The molecule has 0 aromatic heterocycles. The number of nitrogens with one attached hydrogen (secondary N) is 2. The van der Waals surface area contributed by atoms with Gasteiger partial charge in [-0.15, -0.1) is 0 Å². The van der Waals surface area contributed by atoms with Crippen LogP contribution in [-0.2, 0) is 19.1 Å². The number of rotatable bonds is 18. The topological polar surface area (TPSA) is 132 Å². The lowest BCUT2D eigenvalue weighted by Crippen LogP contribution is -2.55. The molecule has 0 saturated carbocycles. The van der Waals surface area contributed by atoms with Crippen LogP contribution in [0.3, 0.4) is 0 Å². The predicted octanol–water partition coefficient (Wildman–Crippen LogP) is 4.19. The predicted molar refractivity (Wildman–Crippen MR) is 161 cm³/mol. The number of nitrogens with zero attached hydrogens (tertiary/aromatic N) is 1. The largest absolute Gasteiger partial charge is 0.496 e. The van der Waals surface area contributed by atoms with Gasteiger partial charge in [0.15, 0.2) is 0 Å². The molecule has 4 N–H and O–H groups in total. The van der Waals surface area contributed by atoms with Crippen LogP contribution in [0, 0.1) is 5.92 Å². The maximum Gasteiger partial charge on any atom is 0.305 e. The van der Waals surface area contributed by atoms with Crippen molar-refractivity contribution >= 4 is 35.1 Å². The number of nitrogens with two attached hydrogens (primary N) is 1. The minimum Gasteiger partial charge on any atom is -0.496 e. The average molecular weight is 597 g/mol. The molecule has 1 saturated heterocycles. The van der Waals surface area contributed by atoms with Crippen molar-refractivity contribution in [2.45, 2.75) is 83.3 Å². The molecule has 3 atom stereocenters. The van der Waals surface area contributed by atoms with Gasteiger partial charge in [-0.1, -0.05) is 37.8 Å². The monoisotopic (exact) mass is 596 g/mol. The van der Waals surface area contributed by atoms with Crippen LogP contribution in [0.1, 0.15) is 81.5 Å². The van der Waals surface area contributed by atoms with Crippen LogP contribution < -0.4 is 21.1 Å². The smallest absolute Gasteiger partial charge is 0.305 e. The van der Waals surface area contributed by atoms with Crippen molar-refractivity contribution in [3.63, 3.8) is 0 Å². The number of anilines is 1. The van der Waals surface area contributed by atoms with Gasteiger partial charge in [-0.2, -0.15) is 0 Å². The van der Waals surface area contributed by atoms with Crippen molar-refractivity contribution in [1.29, 1.82) is 0 Å². The van der Waals surface area contributed by atoms with Crippen molar-refractivity contribution in [2.24, 2.45) is 5.92 Å². The molecular formula is C30H49ClN4O6. The number of amides is 2. The first-order valence-electron chi connectivity index (χ1n) is 14.7. The summed E-state index contributed by atoms with van der Waals surface area (Å²) in [6.45, 7) is 5.37. The molecule has 1 unspecified atom stereocenters. The normalized spacial score (nSPS) is 18.0. The molecule has 0 radical (unpaired) electrons. The average Bonchev–Trinajstić information content (AvgIpc) is 2.97. The first-order chi connectivity index (χ1) is 19.7. The van der Waals surface area contributed by atoms with Crippen LogP contribution >= 0.6 is 11.6 Å². The van der Waals surface area contributed by atoms with Gasteiger partial charge in [0.05, 0.1) is 42.6 Å². The number of hydrogen-bond donors (Lipinski definition) is 3.